The van der Waals surface area contributed by atoms with E-state index < -0.39 is 0 Å². The summed E-state index contributed by atoms with van der Waals surface area (Å²) in [5, 5.41) is 0. The van der Waals surface area contributed by atoms with Crippen LogP contribution in [0.2, 0.25) is 0 Å². The van der Waals surface area contributed by atoms with Crippen molar-refractivity contribution in [1.29, 1.82) is 0 Å². The summed E-state index contributed by atoms with van der Waals surface area (Å²) in [4.78, 5) is 5.07. The molecule has 3 aromatic rings. The first-order chi connectivity index (χ1) is 14.9. The molecule has 4 rings (SSSR count). The van der Waals surface area contributed by atoms with Crippen molar-refractivity contribution in [2.45, 2.75) is 83.9 Å². The molecule has 31 heavy (non-hydrogen) atoms. The van der Waals surface area contributed by atoms with Crippen molar-refractivity contribution in [3.8, 4) is 0 Å². The van der Waals surface area contributed by atoms with E-state index in [0.29, 0.717) is 0 Å². The van der Waals surface area contributed by atoms with Gasteiger partial charge in [-0.1, -0.05) is 90.1 Å². The fraction of sp³-hybridized carbons (Fsp3) is 0.379. The van der Waals surface area contributed by atoms with Crippen LogP contribution >= 0.6 is 11.8 Å². The molecular weight excluding hydrogens is 394 g/mol. The lowest BCUT2D eigenvalue weighted by molar-refractivity contribution is 0.505. The molecular formula is C29H39NS. The first kappa shape index (κ1) is 25.1. The van der Waals surface area contributed by atoms with E-state index in [-0.39, 0.29) is 5.41 Å². The maximum atomic E-state index is 2.41. The zero-order valence-corrected chi connectivity index (χ0v) is 21.7. The van der Waals surface area contributed by atoms with Gasteiger partial charge in [-0.3, -0.25) is 0 Å². The summed E-state index contributed by atoms with van der Waals surface area (Å²) >= 11 is 1.90. The summed E-state index contributed by atoms with van der Waals surface area (Å²) in [6.07, 6.45) is 1.13. The molecule has 0 spiro atoms. The summed E-state index contributed by atoms with van der Waals surface area (Å²) in [6, 6.07) is 22.6. The molecule has 0 aliphatic carbocycles. The molecule has 0 fully saturated rings. The minimum absolute atomic E-state index is 0.192. The maximum absolute atomic E-state index is 2.41. The van der Waals surface area contributed by atoms with Crippen LogP contribution in [0.15, 0.2) is 70.5 Å². The van der Waals surface area contributed by atoms with Crippen molar-refractivity contribution in [2.75, 3.05) is 4.90 Å². The van der Waals surface area contributed by atoms with Gasteiger partial charge in [0.25, 0.3) is 0 Å². The van der Waals surface area contributed by atoms with Gasteiger partial charge in [0.1, 0.15) is 0 Å². The highest BCUT2D eigenvalue weighted by Crippen LogP contribution is 2.52. The Labute approximate surface area is 194 Å². The Morgan fingerprint density at radius 1 is 0.710 bits per heavy atom. The Balaban J connectivity index is 0.000000807. The molecule has 0 atom stereocenters. The number of rotatable bonds is 3. The number of nitrogens with zero attached hydrogens (tertiary/aromatic N) is 1. The van der Waals surface area contributed by atoms with Crippen molar-refractivity contribution in [1.82, 2.24) is 0 Å². The molecule has 0 aromatic heterocycles. The van der Waals surface area contributed by atoms with Gasteiger partial charge in [-0.2, -0.15) is 0 Å². The van der Waals surface area contributed by atoms with Crippen LogP contribution in [0.4, 0.5) is 17.1 Å². The second-order valence-corrected chi connectivity index (χ2v) is 9.25. The van der Waals surface area contributed by atoms with Crippen molar-refractivity contribution >= 4 is 28.8 Å². The largest absolute Gasteiger partial charge is 0.308 e. The van der Waals surface area contributed by atoms with Crippen LogP contribution in [0.3, 0.4) is 0 Å². The number of anilines is 3. The highest BCUT2D eigenvalue weighted by Gasteiger charge is 2.27. The Kier molecular flexibility index (Phi) is 8.82. The van der Waals surface area contributed by atoms with E-state index in [4.69, 9.17) is 0 Å². The van der Waals surface area contributed by atoms with Gasteiger partial charge in [0.15, 0.2) is 0 Å². The van der Waals surface area contributed by atoms with Gasteiger partial charge in [0.2, 0.25) is 0 Å². The Morgan fingerprint density at radius 2 is 1.23 bits per heavy atom. The van der Waals surface area contributed by atoms with Crippen LogP contribution in [0.5, 0.6) is 0 Å². The summed E-state index contributed by atoms with van der Waals surface area (Å²) in [5.74, 6) is 0. The first-order valence-electron chi connectivity index (χ1n) is 11.7. The molecule has 0 unspecified atom stereocenters. The lowest BCUT2D eigenvalue weighted by Gasteiger charge is -2.34. The predicted molar refractivity (Wildman–Crippen MR) is 141 cm³/mol. The smallest absolute Gasteiger partial charge is 0.0601 e. The van der Waals surface area contributed by atoms with Crippen LogP contribution in [0, 0.1) is 13.8 Å². The van der Waals surface area contributed by atoms with E-state index in [0.717, 1.165) is 6.42 Å². The molecule has 0 amide bonds. The first-order valence-corrected chi connectivity index (χ1v) is 12.5. The van der Waals surface area contributed by atoms with Gasteiger partial charge >= 0.3 is 0 Å². The maximum Gasteiger partial charge on any atom is 0.0601 e. The van der Waals surface area contributed by atoms with Crippen molar-refractivity contribution in [3.63, 3.8) is 0 Å². The Hall–Kier alpha value is -2.19. The second kappa shape index (κ2) is 10.9. The third kappa shape index (κ3) is 5.36. The van der Waals surface area contributed by atoms with Crippen LogP contribution in [0.1, 0.15) is 71.6 Å². The van der Waals surface area contributed by atoms with Gasteiger partial charge in [0.05, 0.1) is 11.4 Å². The highest BCUT2D eigenvalue weighted by molar-refractivity contribution is 7.99. The topological polar surface area (TPSA) is 3.24 Å². The Bertz CT molecular complexity index is 986. The SMILES string of the molecule is CC.CC.CCC(C)(C)c1ccc2c(c1)Sc1cc(C)ccc1N2c1ccc(C)cc1. The van der Waals surface area contributed by atoms with Gasteiger partial charge < -0.3 is 4.90 Å². The van der Waals surface area contributed by atoms with Gasteiger partial charge in [-0.05, 0) is 73.2 Å². The standard InChI is InChI=1S/C25H27NS.2C2H6/c1-6-25(4,5)19-10-14-22-24(16-19)27-23-15-18(3)9-13-21(23)26(22)20-11-7-17(2)8-12-20;2*1-2/h7-16H,6H2,1-5H3;2*1-2H3. The molecule has 3 aromatic carbocycles. The molecule has 0 saturated carbocycles. The summed E-state index contributed by atoms with van der Waals surface area (Å²) in [5.41, 5.74) is 7.95. The van der Waals surface area contributed by atoms with E-state index >= 15 is 0 Å². The van der Waals surface area contributed by atoms with E-state index in [1.54, 1.807) is 0 Å². The van der Waals surface area contributed by atoms with E-state index in [9.17, 15) is 0 Å². The van der Waals surface area contributed by atoms with E-state index in [2.05, 4.69) is 100 Å². The minimum atomic E-state index is 0.192. The van der Waals surface area contributed by atoms with Crippen LogP contribution in [-0.4, -0.2) is 0 Å². The van der Waals surface area contributed by atoms with Crippen LogP contribution < -0.4 is 4.90 Å². The molecule has 0 saturated heterocycles. The minimum Gasteiger partial charge on any atom is -0.308 e. The average molecular weight is 434 g/mol. The molecule has 1 aliphatic rings. The number of hydrogen-bond donors (Lipinski definition) is 0. The van der Waals surface area contributed by atoms with Crippen molar-refractivity contribution in [3.05, 3.63) is 77.4 Å². The third-order valence-corrected chi connectivity index (χ3v) is 6.83. The number of hydrogen-bond acceptors (Lipinski definition) is 2. The zero-order valence-electron chi connectivity index (χ0n) is 20.8. The Morgan fingerprint density at radius 3 is 1.81 bits per heavy atom. The fourth-order valence-electron chi connectivity index (χ4n) is 3.51. The van der Waals surface area contributed by atoms with Gasteiger partial charge in [-0.15, -0.1) is 0 Å². The molecule has 166 valence electrons. The van der Waals surface area contributed by atoms with Gasteiger partial charge in [-0.25, -0.2) is 0 Å². The summed E-state index contributed by atoms with van der Waals surface area (Å²) in [7, 11) is 0. The van der Waals surface area contributed by atoms with Crippen molar-refractivity contribution < 1.29 is 0 Å². The monoisotopic (exact) mass is 433 g/mol. The highest BCUT2D eigenvalue weighted by atomic mass is 32.2. The molecule has 1 nitrogen and oxygen atoms in total. The number of aryl methyl sites for hydroxylation is 2. The van der Waals surface area contributed by atoms with E-state index in [1.807, 2.05) is 39.5 Å². The molecule has 0 N–H and O–H groups in total. The molecule has 2 heteroatoms. The zero-order chi connectivity index (χ0) is 23.2. The third-order valence-electron chi connectivity index (χ3n) is 5.73. The molecule has 1 aliphatic heterocycles. The summed E-state index contributed by atoms with van der Waals surface area (Å²) in [6.45, 7) is 19.2. The van der Waals surface area contributed by atoms with E-state index in [1.165, 1.54) is 43.5 Å². The fourth-order valence-corrected chi connectivity index (χ4v) is 4.71. The quantitative estimate of drug-likeness (QED) is 0.316. The van der Waals surface area contributed by atoms with Gasteiger partial charge in [0, 0.05) is 15.5 Å². The summed E-state index contributed by atoms with van der Waals surface area (Å²) < 4.78 is 0. The van der Waals surface area contributed by atoms with Crippen LogP contribution in [-0.2, 0) is 5.41 Å². The molecule has 1 heterocycles. The average Bonchev–Trinajstić information content (AvgIpc) is 2.80. The lowest BCUT2D eigenvalue weighted by Crippen LogP contribution is -2.18. The normalized spacial score (nSPS) is 12.0. The number of fused-ring (bicyclic) bond motifs is 2. The van der Waals surface area contributed by atoms with Crippen molar-refractivity contribution in [2.24, 2.45) is 0 Å². The number of benzene rings is 3. The second-order valence-electron chi connectivity index (χ2n) is 8.16. The van der Waals surface area contributed by atoms with Crippen LogP contribution in [0.25, 0.3) is 0 Å². The molecule has 0 bridgehead atoms. The lowest BCUT2D eigenvalue weighted by atomic mass is 9.82. The predicted octanol–water partition coefficient (Wildman–Crippen LogP) is 9.98. The molecule has 0 radical (unpaired) electrons.